The molecule has 24 heavy (non-hydrogen) atoms. The highest BCUT2D eigenvalue weighted by Gasteiger charge is 2.19. The number of rotatable bonds is 0. The van der Waals surface area contributed by atoms with Crippen LogP contribution in [0.4, 0.5) is 8.78 Å². The van der Waals surface area contributed by atoms with Crippen molar-refractivity contribution in [3.63, 3.8) is 0 Å². The van der Waals surface area contributed by atoms with Gasteiger partial charge < -0.3 is 0 Å². The van der Waals surface area contributed by atoms with Crippen LogP contribution in [0.15, 0.2) is 46.0 Å². The lowest BCUT2D eigenvalue weighted by Gasteiger charge is -1.93. The maximum Gasteiger partial charge on any atom is 0.214 e. The van der Waals surface area contributed by atoms with Crippen molar-refractivity contribution in [2.45, 2.75) is 0 Å². The van der Waals surface area contributed by atoms with Crippen molar-refractivity contribution in [1.82, 2.24) is 9.97 Å². The van der Waals surface area contributed by atoms with Crippen molar-refractivity contribution in [3.05, 3.63) is 68.5 Å². The summed E-state index contributed by atoms with van der Waals surface area (Å²) in [5.41, 5.74) is -0.181. The van der Waals surface area contributed by atoms with E-state index in [0.29, 0.717) is 10.8 Å². The summed E-state index contributed by atoms with van der Waals surface area (Å²) in [5.74, 6) is -1.06. The van der Waals surface area contributed by atoms with Gasteiger partial charge in [0.15, 0.2) is 0 Å². The number of halogens is 2. The fourth-order valence-electron chi connectivity index (χ4n) is 3.20. The van der Waals surface area contributed by atoms with Gasteiger partial charge in [0.05, 0.1) is 0 Å². The molecule has 1 heterocycles. The van der Waals surface area contributed by atoms with Gasteiger partial charge in [-0.1, -0.05) is 0 Å². The zero-order chi connectivity index (χ0) is 16.6. The van der Waals surface area contributed by atoms with E-state index in [4.69, 9.17) is 0 Å². The van der Waals surface area contributed by atoms with E-state index in [1.165, 1.54) is 24.3 Å². The fraction of sp³-hybridized carbons (Fsp3) is 0. The Kier molecular flexibility index (Phi) is 2.29. The Morgan fingerprint density at radius 1 is 0.583 bits per heavy atom. The molecule has 0 spiro atoms. The topological polar surface area (TPSA) is 59.9 Å². The molecule has 0 aliphatic rings. The van der Waals surface area contributed by atoms with Crippen LogP contribution in [0.5, 0.6) is 0 Å². The predicted molar refractivity (Wildman–Crippen MR) is 86.9 cm³/mol. The lowest BCUT2D eigenvalue weighted by Crippen LogP contribution is -2.00. The molecule has 1 aromatic heterocycles. The minimum absolute atomic E-state index is 0.0827. The molecular formula is C18H6F2N2O2. The lowest BCUT2D eigenvalue weighted by molar-refractivity contribution is 0.629. The smallest absolute Gasteiger partial charge is 0.214 e. The molecule has 0 unspecified atom stereocenters. The van der Waals surface area contributed by atoms with Crippen LogP contribution in [-0.2, 0) is 0 Å². The molecule has 114 valence electrons. The van der Waals surface area contributed by atoms with Gasteiger partial charge in [-0.25, -0.2) is 18.7 Å². The van der Waals surface area contributed by atoms with Gasteiger partial charge in [0.25, 0.3) is 0 Å². The van der Waals surface area contributed by atoms with Crippen molar-refractivity contribution in [1.29, 1.82) is 0 Å². The Bertz CT molecular complexity index is 1310. The Hall–Kier alpha value is -3.28. The van der Waals surface area contributed by atoms with Crippen molar-refractivity contribution < 1.29 is 8.78 Å². The third-order valence-electron chi connectivity index (χ3n) is 4.29. The van der Waals surface area contributed by atoms with Gasteiger partial charge in [-0.15, -0.1) is 0 Å². The summed E-state index contributed by atoms with van der Waals surface area (Å²) >= 11 is 0. The SMILES string of the molecule is O=c1c2cc(F)ccc2c2nc3c(=O)c4cc(F)ccc4c3nc12. The van der Waals surface area contributed by atoms with Crippen molar-refractivity contribution in [2.75, 3.05) is 0 Å². The molecule has 0 saturated heterocycles. The summed E-state index contributed by atoms with van der Waals surface area (Å²) in [4.78, 5) is 33.6. The highest BCUT2D eigenvalue weighted by Crippen LogP contribution is 2.27. The van der Waals surface area contributed by atoms with E-state index in [9.17, 15) is 18.4 Å². The average molecular weight is 320 g/mol. The van der Waals surface area contributed by atoms with Gasteiger partial charge in [0, 0.05) is 21.5 Å². The summed E-state index contributed by atoms with van der Waals surface area (Å²) in [5, 5.41) is 1.25. The van der Waals surface area contributed by atoms with Crippen LogP contribution in [0.25, 0.3) is 43.6 Å². The Morgan fingerprint density at radius 3 is 1.42 bits per heavy atom. The molecule has 0 amide bonds. The largest absolute Gasteiger partial charge is 0.287 e. The fourth-order valence-corrected chi connectivity index (χ4v) is 3.20. The van der Waals surface area contributed by atoms with Crippen LogP contribution in [0, 0.1) is 11.6 Å². The lowest BCUT2D eigenvalue weighted by atomic mass is 10.2. The van der Waals surface area contributed by atoms with E-state index in [2.05, 4.69) is 9.97 Å². The molecule has 0 aliphatic heterocycles. The van der Waals surface area contributed by atoms with Crippen LogP contribution in [0.1, 0.15) is 0 Å². The molecule has 0 radical (unpaired) electrons. The zero-order valence-electron chi connectivity index (χ0n) is 11.9. The van der Waals surface area contributed by atoms with Crippen LogP contribution in [-0.4, -0.2) is 9.97 Å². The molecule has 0 N–H and O–H groups in total. The highest BCUT2D eigenvalue weighted by atomic mass is 19.1. The first-order valence-corrected chi connectivity index (χ1v) is 7.16. The predicted octanol–water partition coefficient (Wildman–Crippen LogP) is 2.96. The van der Waals surface area contributed by atoms with Gasteiger partial charge in [0.1, 0.15) is 33.7 Å². The maximum absolute atomic E-state index is 13.4. The van der Waals surface area contributed by atoms with E-state index in [1.54, 1.807) is 0 Å². The van der Waals surface area contributed by atoms with E-state index in [-0.39, 0.29) is 32.8 Å². The Balaban J connectivity index is 2.08. The standard InChI is InChI=1S/C18H6F2N2O2/c19-7-1-3-9-11(5-7)17(23)15-13(9)21-16-14(22-15)10-4-2-8(20)6-12(10)18(16)24/h1-6H. The number of fused-ring (bicyclic) bond motifs is 6. The van der Waals surface area contributed by atoms with Gasteiger partial charge in [0.2, 0.25) is 10.9 Å². The van der Waals surface area contributed by atoms with Crippen LogP contribution in [0.3, 0.4) is 0 Å². The molecular weight excluding hydrogens is 314 g/mol. The average Bonchev–Trinajstić information content (AvgIpc) is 2.99. The third-order valence-corrected chi connectivity index (χ3v) is 4.29. The molecule has 0 bridgehead atoms. The molecule has 6 heteroatoms. The van der Waals surface area contributed by atoms with E-state index in [1.807, 2.05) is 0 Å². The number of benzene rings is 2. The highest BCUT2D eigenvalue weighted by molar-refractivity contribution is 6.14. The second kappa shape index (κ2) is 4.17. The van der Waals surface area contributed by atoms with E-state index in [0.717, 1.165) is 12.1 Å². The van der Waals surface area contributed by atoms with Crippen molar-refractivity contribution >= 4 is 43.6 Å². The number of aromatic nitrogens is 2. The first kappa shape index (κ1) is 13.2. The molecule has 0 atom stereocenters. The second-order valence-electron chi connectivity index (χ2n) is 5.66. The molecule has 0 saturated carbocycles. The van der Waals surface area contributed by atoms with Crippen molar-refractivity contribution in [2.24, 2.45) is 0 Å². The molecule has 5 rings (SSSR count). The Morgan fingerprint density at radius 2 is 1.00 bits per heavy atom. The monoisotopic (exact) mass is 320 g/mol. The van der Waals surface area contributed by atoms with Gasteiger partial charge in [-0.2, -0.15) is 0 Å². The van der Waals surface area contributed by atoms with Gasteiger partial charge >= 0.3 is 0 Å². The van der Waals surface area contributed by atoms with E-state index < -0.39 is 22.5 Å². The summed E-state index contributed by atoms with van der Waals surface area (Å²) < 4.78 is 26.8. The van der Waals surface area contributed by atoms with Gasteiger partial charge in [-0.05, 0) is 36.4 Å². The first-order valence-electron chi connectivity index (χ1n) is 7.16. The number of hydrogen-bond acceptors (Lipinski definition) is 4. The van der Waals surface area contributed by atoms with Crippen molar-refractivity contribution in [3.8, 4) is 0 Å². The minimum atomic E-state index is -0.528. The minimum Gasteiger partial charge on any atom is -0.287 e. The molecule has 0 aliphatic carbocycles. The first-order chi connectivity index (χ1) is 11.5. The Labute approximate surface area is 131 Å². The zero-order valence-corrected chi connectivity index (χ0v) is 11.9. The molecule has 4 aromatic carbocycles. The summed E-state index contributed by atoms with van der Waals surface area (Å²) in [7, 11) is 0. The second-order valence-corrected chi connectivity index (χ2v) is 5.66. The number of hydrogen-bond donors (Lipinski definition) is 0. The molecule has 0 fully saturated rings. The maximum atomic E-state index is 13.4. The normalized spacial score (nSPS) is 12.1. The summed E-state index contributed by atoms with van der Waals surface area (Å²) in [6.07, 6.45) is 0. The quantitative estimate of drug-likeness (QED) is 0.440. The summed E-state index contributed by atoms with van der Waals surface area (Å²) in [6, 6.07) is 7.61. The van der Waals surface area contributed by atoms with Crippen LogP contribution < -0.4 is 10.9 Å². The third kappa shape index (κ3) is 1.49. The molecule has 4 nitrogen and oxygen atoms in total. The number of nitrogens with zero attached hydrogens (tertiary/aromatic N) is 2. The van der Waals surface area contributed by atoms with Crippen LogP contribution in [0.2, 0.25) is 0 Å². The van der Waals surface area contributed by atoms with Crippen LogP contribution >= 0.6 is 0 Å². The summed E-state index contributed by atoms with van der Waals surface area (Å²) in [6.45, 7) is 0. The molecule has 5 aromatic rings. The van der Waals surface area contributed by atoms with E-state index >= 15 is 0 Å². The van der Waals surface area contributed by atoms with Gasteiger partial charge in [-0.3, -0.25) is 9.59 Å².